The fraction of sp³-hybridized carbons (Fsp3) is 0.400. The monoisotopic (exact) mass is 185 g/mol. The molecule has 1 rings (SSSR count). The summed E-state index contributed by atoms with van der Waals surface area (Å²) in [4.78, 5) is 0. The molecule has 0 saturated carbocycles. The summed E-state index contributed by atoms with van der Waals surface area (Å²) in [5.41, 5.74) is 9.60. The summed E-state index contributed by atoms with van der Waals surface area (Å²) in [6.45, 7) is 6.23. The van der Waals surface area contributed by atoms with Gasteiger partial charge >= 0.3 is 0 Å². The predicted molar refractivity (Wildman–Crippen MR) is 55.8 cm³/mol. The Morgan fingerprint density at radius 2 is 1.75 bits per heavy atom. The fourth-order valence-electron chi connectivity index (χ4n) is 1.05. The molecule has 0 aromatic heterocycles. The molecule has 0 spiro atoms. The summed E-state index contributed by atoms with van der Waals surface area (Å²) >= 11 is 0. The van der Waals surface area contributed by atoms with Crippen molar-refractivity contribution in [1.29, 1.82) is 0 Å². The van der Waals surface area contributed by atoms with E-state index in [9.17, 15) is 0 Å². The van der Waals surface area contributed by atoms with Crippen molar-refractivity contribution in [3.8, 4) is 0 Å². The minimum atomic E-state index is 0. The molecule has 2 N–H and O–H groups in total. The van der Waals surface area contributed by atoms with Crippen LogP contribution in [0.15, 0.2) is 18.2 Å². The van der Waals surface area contributed by atoms with Gasteiger partial charge in [-0.15, -0.1) is 12.4 Å². The zero-order chi connectivity index (χ0) is 8.43. The van der Waals surface area contributed by atoms with E-state index in [-0.39, 0.29) is 18.4 Å². The van der Waals surface area contributed by atoms with Gasteiger partial charge in [0, 0.05) is 6.04 Å². The molecule has 0 bridgehead atoms. The largest absolute Gasteiger partial charge is 0.324 e. The highest BCUT2D eigenvalue weighted by Gasteiger charge is 1.99. The molecule has 2 heteroatoms. The van der Waals surface area contributed by atoms with Gasteiger partial charge in [0.25, 0.3) is 0 Å². The molecule has 1 aromatic rings. The van der Waals surface area contributed by atoms with Gasteiger partial charge in [0.05, 0.1) is 0 Å². The lowest BCUT2D eigenvalue weighted by molar-refractivity contribution is 0.816. The minimum absolute atomic E-state index is 0. The highest BCUT2D eigenvalue weighted by molar-refractivity contribution is 5.85. The highest BCUT2D eigenvalue weighted by Crippen LogP contribution is 2.14. The van der Waals surface area contributed by atoms with Gasteiger partial charge in [0.2, 0.25) is 0 Å². The number of rotatable bonds is 1. The molecule has 0 radical (unpaired) electrons. The van der Waals surface area contributed by atoms with Gasteiger partial charge in [-0.2, -0.15) is 0 Å². The van der Waals surface area contributed by atoms with Crippen LogP contribution < -0.4 is 5.73 Å². The summed E-state index contributed by atoms with van der Waals surface area (Å²) in [6, 6.07) is 6.51. The van der Waals surface area contributed by atoms with Crippen molar-refractivity contribution >= 4 is 12.4 Å². The van der Waals surface area contributed by atoms with E-state index >= 15 is 0 Å². The van der Waals surface area contributed by atoms with E-state index in [2.05, 4.69) is 32.0 Å². The van der Waals surface area contributed by atoms with Crippen molar-refractivity contribution in [3.05, 3.63) is 34.9 Å². The van der Waals surface area contributed by atoms with Gasteiger partial charge in [-0.3, -0.25) is 0 Å². The van der Waals surface area contributed by atoms with Crippen molar-refractivity contribution in [2.75, 3.05) is 0 Å². The van der Waals surface area contributed by atoms with E-state index in [0.717, 1.165) is 0 Å². The number of halogens is 1. The molecule has 0 amide bonds. The third-order valence-corrected chi connectivity index (χ3v) is 2.06. The Labute approximate surface area is 80.4 Å². The van der Waals surface area contributed by atoms with E-state index in [1.807, 2.05) is 6.92 Å². The molecule has 1 aromatic carbocycles. The molecule has 68 valence electrons. The Morgan fingerprint density at radius 1 is 1.17 bits per heavy atom. The molecule has 0 aliphatic carbocycles. The lowest BCUT2D eigenvalue weighted by Gasteiger charge is -2.07. The number of hydrogen-bond donors (Lipinski definition) is 1. The SMILES string of the molecule is Cc1ccc([C@H](C)N)cc1C.Cl. The second-order valence-corrected chi connectivity index (χ2v) is 3.13. The Kier molecular flexibility index (Phi) is 4.29. The van der Waals surface area contributed by atoms with Crippen LogP contribution in [0.4, 0.5) is 0 Å². The van der Waals surface area contributed by atoms with Gasteiger partial charge in [-0.25, -0.2) is 0 Å². The van der Waals surface area contributed by atoms with Crippen molar-refractivity contribution in [2.45, 2.75) is 26.8 Å². The van der Waals surface area contributed by atoms with Crippen LogP contribution in [0.3, 0.4) is 0 Å². The molecular weight excluding hydrogens is 170 g/mol. The molecular formula is C10H16ClN. The van der Waals surface area contributed by atoms with Crippen molar-refractivity contribution in [3.63, 3.8) is 0 Å². The third-order valence-electron chi connectivity index (χ3n) is 2.06. The molecule has 0 saturated heterocycles. The Morgan fingerprint density at radius 3 is 2.17 bits per heavy atom. The zero-order valence-corrected chi connectivity index (χ0v) is 8.61. The number of aryl methyl sites for hydroxylation is 2. The molecule has 1 atom stereocenters. The average molecular weight is 186 g/mol. The summed E-state index contributed by atoms with van der Waals surface area (Å²) in [5.74, 6) is 0. The molecule has 0 fully saturated rings. The second kappa shape index (κ2) is 4.48. The first-order chi connectivity index (χ1) is 5.11. The topological polar surface area (TPSA) is 26.0 Å². The minimum Gasteiger partial charge on any atom is -0.324 e. The van der Waals surface area contributed by atoms with E-state index in [1.54, 1.807) is 0 Å². The van der Waals surface area contributed by atoms with Crippen LogP contribution in [0, 0.1) is 13.8 Å². The standard InChI is InChI=1S/C10H15N.ClH/c1-7-4-5-10(9(3)11)6-8(7)2;/h4-6,9H,11H2,1-3H3;1H/t9-;/m0./s1. The van der Waals surface area contributed by atoms with E-state index in [1.165, 1.54) is 16.7 Å². The van der Waals surface area contributed by atoms with E-state index in [4.69, 9.17) is 5.73 Å². The van der Waals surface area contributed by atoms with Crippen LogP contribution >= 0.6 is 12.4 Å². The lowest BCUT2D eigenvalue weighted by Crippen LogP contribution is -2.05. The predicted octanol–water partition coefficient (Wildman–Crippen LogP) is 2.74. The Balaban J connectivity index is 0.00000121. The van der Waals surface area contributed by atoms with E-state index < -0.39 is 0 Å². The average Bonchev–Trinajstić information content (AvgIpc) is 1.94. The van der Waals surface area contributed by atoms with Crippen LogP contribution in [-0.4, -0.2) is 0 Å². The van der Waals surface area contributed by atoms with Crippen LogP contribution in [0.2, 0.25) is 0 Å². The summed E-state index contributed by atoms with van der Waals surface area (Å²) in [5, 5.41) is 0. The zero-order valence-electron chi connectivity index (χ0n) is 7.79. The van der Waals surface area contributed by atoms with Gasteiger partial charge in [-0.1, -0.05) is 18.2 Å². The fourth-order valence-corrected chi connectivity index (χ4v) is 1.05. The first-order valence-electron chi connectivity index (χ1n) is 3.94. The van der Waals surface area contributed by atoms with Crippen LogP contribution in [0.5, 0.6) is 0 Å². The Hall–Kier alpha value is -0.530. The first kappa shape index (κ1) is 11.5. The highest BCUT2D eigenvalue weighted by atomic mass is 35.5. The number of hydrogen-bond acceptors (Lipinski definition) is 1. The summed E-state index contributed by atoms with van der Waals surface area (Å²) in [6.07, 6.45) is 0. The smallest absolute Gasteiger partial charge is 0.0266 e. The third kappa shape index (κ3) is 2.50. The van der Waals surface area contributed by atoms with Crippen LogP contribution in [0.25, 0.3) is 0 Å². The van der Waals surface area contributed by atoms with Gasteiger partial charge in [0.1, 0.15) is 0 Å². The van der Waals surface area contributed by atoms with Crippen molar-refractivity contribution < 1.29 is 0 Å². The van der Waals surface area contributed by atoms with Crippen molar-refractivity contribution in [1.82, 2.24) is 0 Å². The van der Waals surface area contributed by atoms with Gasteiger partial charge in [0.15, 0.2) is 0 Å². The first-order valence-corrected chi connectivity index (χ1v) is 3.94. The van der Waals surface area contributed by atoms with Gasteiger partial charge in [-0.05, 0) is 37.5 Å². The second-order valence-electron chi connectivity index (χ2n) is 3.13. The maximum absolute atomic E-state index is 5.73. The quantitative estimate of drug-likeness (QED) is 0.716. The molecule has 12 heavy (non-hydrogen) atoms. The van der Waals surface area contributed by atoms with Crippen LogP contribution in [0.1, 0.15) is 29.7 Å². The lowest BCUT2D eigenvalue weighted by atomic mass is 10.0. The summed E-state index contributed by atoms with van der Waals surface area (Å²) in [7, 11) is 0. The normalized spacial score (nSPS) is 12.0. The number of nitrogens with two attached hydrogens (primary N) is 1. The maximum atomic E-state index is 5.73. The number of benzene rings is 1. The molecule has 0 aliphatic heterocycles. The Bertz CT molecular complexity index is 256. The van der Waals surface area contributed by atoms with Gasteiger partial charge < -0.3 is 5.73 Å². The molecule has 1 nitrogen and oxygen atoms in total. The maximum Gasteiger partial charge on any atom is 0.0266 e. The van der Waals surface area contributed by atoms with E-state index in [0.29, 0.717) is 0 Å². The molecule has 0 aliphatic rings. The summed E-state index contributed by atoms with van der Waals surface area (Å²) < 4.78 is 0. The molecule has 0 heterocycles. The van der Waals surface area contributed by atoms with Crippen LogP contribution in [-0.2, 0) is 0 Å². The molecule has 0 unspecified atom stereocenters. The van der Waals surface area contributed by atoms with Crippen molar-refractivity contribution in [2.24, 2.45) is 5.73 Å².